The van der Waals surface area contributed by atoms with Crippen LogP contribution in [0.1, 0.15) is 47.0 Å². The highest BCUT2D eigenvalue weighted by Gasteiger charge is 2.43. The fraction of sp³-hybridized carbons (Fsp3) is 0.500. The van der Waals surface area contributed by atoms with Crippen LogP contribution in [0, 0.1) is 5.82 Å². The van der Waals surface area contributed by atoms with Gasteiger partial charge in [-0.05, 0) is 59.7 Å². The Balaban J connectivity index is 1.49. The summed E-state index contributed by atoms with van der Waals surface area (Å²) >= 11 is 0. The number of hydrogen-bond donors (Lipinski definition) is 3. The first-order chi connectivity index (χ1) is 14.5. The molecule has 0 unspecified atom stereocenters. The molecule has 0 radical (unpaired) electrons. The lowest BCUT2D eigenvalue weighted by atomic mass is 9.77. The summed E-state index contributed by atoms with van der Waals surface area (Å²) in [4.78, 5) is 27.5. The maximum atomic E-state index is 14.5. The van der Waals surface area contributed by atoms with Crippen LogP contribution in [0.4, 0.5) is 16.2 Å². The minimum atomic E-state index is -0.486. The fourth-order valence-corrected chi connectivity index (χ4v) is 4.57. The van der Waals surface area contributed by atoms with Crippen molar-refractivity contribution in [3.05, 3.63) is 47.3 Å². The average Bonchev–Trinajstić information content (AvgIpc) is 2.68. The Morgan fingerprint density at radius 2 is 1.94 bits per heavy atom. The summed E-state index contributed by atoms with van der Waals surface area (Å²) in [5.41, 5.74) is 3.79. The molecule has 1 aliphatic carbocycles. The van der Waals surface area contributed by atoms with E-state index in [0.29, 0.717) is 18.1 Å². The number of nitrogens with one attached hydrogen (secondary N) is 3. The predicted octanol–water partition coefficient (Wildman–Crippen LogP) is 3.25. The molecular weight excluding hydrogens is 399 g/mol. The summed E-state index contributed by atoms with van der Waals surface area (Å²) in [5.74, 6) is 0.285. The number of anilines is 2. The highest BCUT2D eigenvalue weighted by atomic mass is 19.1. The second-order valence-electron chi connectivity index (χ2n) is 9.59. The molecule has 31 heavy (non-hydrogen) atoms. The van der Waals surface area contributed by atoms with Gasteiger partial charge in [0.25, 0.3) is 5.91 Å². The van der Waals surface area contributed by atoms with Gasteiger partial charge in [-0.3, -0.25) is 9.69 Å². The predicted molar refractivity (Wildman–Crippen MR) is 116 cm³/mol. The van der Waals surface area contributed by atoms with Gasteiger partial charge in [-0.1, -0.05) is 0 Å². The molecule has 0 saturated carbocycles. The number of likely N-dealkylation sites (tertiary alicyclic amines) is 1. The molecule has 166 valence electrons. The van der Waals surface area contributed by atoms with Gasteiger partial charge in [-0.2, -0.15) is 10.5 Å². The molecule has 8 nitrogen and oxygen atoms in total. The van der Waals surface area contributed by atoms with E-state index in [4.69, 9.17) is 4.84 Å². The molecule has 0 spiro atoms. The van der Waals surface area contributed by atoms with Crippen molar-refractivity contribution < 1.29 is 14.0 Å². The van der Waals surface area contributed by atoms with E-state index in [0.717, 1.165) is 24.1 Å². The van der Waals surface area contributed by atoms with Gasteiger partial charge < -0.3 is 15.5 Å². The number of nitrogens with zero attached hydrogens (tertiary/aromatic N) is 3. The van der Waals surface area contributed by atoms with Gasteiger partial charge in [0, 0.05) is 40.9 Å². The first-order valence-electron chi connectivity index (χ1n) is 10.4. The molecular formula is C22H29FN6O2. The Morgan fingerprint density at radius 1 is 1.23 bits per heavy atom. The molecule has 1 saturated heterocycles. The maximum absolute atomic E-state index is 14.5. The average molecular weight is 429 g/mol. The van der Waals surface area contributed by atoms with E-state index in [1.807, 2.05) is 6.08 Å². The number of piperidine rings is 1. The summed E-state index contributed by atoms with van der Waals surface area (Å²) in [5, 5.41) is 6.43. The molecule has 1 amide bonds. The van der Waals surface area contributed by atoms with E-state index < -0.39 is 5.82 Å². The van der Waals surface area contributed by atoms with Crippen molar-refractivity contribution in [3.8, 4) is 0 Å². The first kappa shape index (κ1) is 21.3. The molecule has 1 aromatic rings. The van der Waals surface area contributed by atoms with Gasteiger partial charge in [0.1, 0.15) is 0 Å². The zero-order valence-electron chi connectivity index (χ0n) is 18.5. The molecule has 0 bridgehead atoms. The largest absolute Gasteiger partial charge is 0.379 e. The number of allylic oxidation sites excluding steroid dienone is 4. The maximum Gasteiger partial charge on any atom is 0.277 e. The molecule has 4 rings (SSSR count). The lowest BCUT2D eigenvalue weighted by Gasteiger charge is -2.53. The summed E-state index contributed by atoms with van der Waals surface area (Å²) in [6.07, 6.45) is 8.44. The SMILES string of the molecule is CN1C(C)(C)CC(Nc2nc(NC3=CC=C4ONC(=O)C=C4C3)ncc2F)CC1(C)C. The number of fused-ring (bicyclic) bond motifs is 1. The summed E-state index contributed by atoms with van der Waals surface area (Å²) < 4.78 is 14.5. The standard InChI is InChI=1S/C22H29FN6O2/c1-21(2)10-15(11-22(3,4)29(21)5)25-19-16(23)12-24-20(27-19)26-14-6-7-17-13(8-14)9-18(30)28-31-17/h6-7,9,12,15H,8,10-11H2,1-5H3,(H,28,30)(H2,24,25,26,27). The zero-order chi connectivity index (χ0) is 22.4. The highest BCUT2D eigenvalue weighted by molar-refractivity contribution is 5.89. The van der Waals surface area contributed by atoms with Crippen LogP contribution in [-0.2, 0) is 9.63 Å². The van der Waals surface area contributed by atoms with Crippen molar-refractivity contribution in [1.82, 2.24) is 20.3 Å². The van der Waals surface area contributed by atoms with Crippen molar-refractivity contribution in [1.29, 1.82) is 0 Å². The molecule has 2 aliphatic heterocycles. The van der Waals surface area contributed by atoms with Crippen molar-refractivity contribution in [3.63, 3.8) is 0 Å². The van der Waals surface area contributed by atoms with Crippen LogP contribution < -0.4 is 16.1 Å². The smallest absolute Gasteiger partial charge is 0.277 e. The number of carbonyl (C=O) groups excluding carboxylic acids is 1. The number of aromatic nitrogens is 2. The van der Waals surface area contributed by atoms with Gasteiger partial charge >= 0.3 is 0 Å². The Kier molecular flexibility index (Phi) is 5.25. The van der Waals surface area contributed by atoms with Crippen molar-refractivity contribution in [2.45, 2.75) is 64.1 Å². The van der Waals surface area contributed by atoms with Gasteiger partial charge in [-0.25, -0.2) is 9.37 Å². The Bertz CT molecular complexity index is 980. The van der Waals surface area contributed by atoms with Gasteiger partial charge in [-0.15, -0.1) is 0 Å². The number of rotatable bonds is 4. The lowest BCUT2D eigenvalue weighted by Crippen LogP contribution is -2.61. The third kappa shape index (κ3) is 4.41. The number of carbonyl (C=O) groups is 1. The van der Waals surface area contributed by atoms with Crippen LogP contribution in [0.25, 0.3) is 0 Å². The van der Waals surface area contributed by atoms with E-state index in [2.05, 4.69) is 65.7 Å². The number of amides is 1. The minimum Gasteiger partial charge on any atom is -0.379 e. The number of hydrogen-bond acceptors (Lipinski definition) is 7. The Labute approximate surface area is 181 Å². The Hall–Kier alpha value is -2.94. The first-order valence-corrected chi connectivity index (χ1v) is 10.4. The van der Waals surface area contributed by atoms with Gasteiger partial charge in [0.15, 0.2) is 17.4 Å². The topological polar surface area (TPSA) is 91.4 Å². The molecule has 1 aromatic heterocycles. The summed E-state index contributed by atoms with van der Waals surface area (Å²) in [7, 11) is 2.14. The van der Waals surface area contributed by atoms with E-state index in [1.54, 1.807) is 6.08 Å². The van der Waals surface area contributed by atoms with Crippen molar-refractivity contribution >= 4 is 17.7 Å². The normalized spacial score (nSPS) is 22.9. The monoisotopic (exact) mass is 428 g/mol. The summed E-state index contributed by atoms with van der Waals surface area (Å²) in [6.45, 7) is 8.81. The van der Waals surface area contributed by atoms with Crippen LogP contribution in [0.5, 0.6) is 0 Å². The van der Waals surface area contributed by atoms with Crippen LogP contribution in [0.15, 0.2) is 41.5 Å². The van der Waals surface area contributed by atoms with E-state index in [9.17, 15) is 9.18 Å². The molecule has 3 aliphatic rings. The molecule has 9 heteroatoms. The van der Waals surface area contributed by atoms with Crippen LogP contribution in [-0.4, -0.2) is 44.9 Å². The fourth-order valence-electron chi connectivity index (χ4n) is 4.57. The molecule has 3 N–H and O–H groups in total. The van der Waals surface area contributed by atoms with E-state index in [1.165, 1.54) is 12.3 Å². The number of halogens is 1. The van der Waals surface area contributed by atoms with E-state index >= 15 is 0 Å². The second kappa shape index (κ2) is 7.64. The third-order valence-electron chi connectivity index (χ3n) is 6.37. The second-order valence-corrected chi connectivity index (χ2v) is 9.59. The van der Waals surface area contributed by atoms with Gasteiger partial charge in [0.2, 0.25) is 5.95 Å². The number of hydroxylamine groups is 1. The minimum absolute atomic E-state index is 0.0248. The third-order valence-corrected chi connectivity index (χ3v) is 6.37. The molecule has 0 atom stereocenters. The van der Waals surface area contributed by atoms with Crippen LogP contribution in [0.2, 0.25) is 0 Å². The Morgan fingerprint density at radius 3 is 2.65 bits per heavy atom. The zero-order valence-corrected chi connectivity index (χ0v) is 18.5. The molecule has 3 heterocycles. The van der Waals surface area contributed by atoms with Crippen LogP contribution in [0.3, 0.4) is 0 Å². The molecule has 1 fully saturated rings. The quantitative estimate of drug-likeness (QED) is 0.678. The highest BCUT2D eigenvalue weighted by Crippen LogP contribution is 2.38. The van der Waals surface area contributed by atoms with Crippen LogP contribution >= 0.6 is 0 Å². The van der Waals surface area contributed by atoms with E-state index in [-0.39, 0.29) is 28.8 Å². The summed E-state index contributed by atoms with van der Waals surface area (Å²) in [6, 6.07) is 0.0842. The van der Waals surface area contributed by atoms with Gasteiger partial charge in [0.05, 0.1) is 6.20 Å². The molecule has 0 aromatic carbocycles. The lowest BCUT2D eigenvalue weighted by molar-refractivity contribution is -0.126. The van der Waals surface area contributed by atoms with Crippen molar-refractivity contribution in [2.75, 3.05) is 17.7 Å². The van der Waals surface area contributed by atoms with Crippen molar-refractivity contribution in [2.24, 2.45) is 0 Å².